The van der Waals surface area contributed by atoms with Gasteiger partial charge in [-0.25, -0.2) is 8.78 Å². The molecule has 4 aromatic rings. The summed E-state index contributed by atoms with van der Waals surface area (Å²) in [5.41, 5.74) is 2.74. The van der Waals surface area contributed by atoms with Crippen LogP contribution in [0.2, 0.25) is 0 Å². The third-order valence-electron chi connectivity index (χ3n) is 4.12. The molecule has 0 amide bonds. The minimum absolute atomic E-state index is 0.183. The first-order valence-corrected chi connectivity index (χ1v) is 9.22. The van der Waals surface area contributed by atoms with Crippen LogP contribution in [0.5, 0.6) is 0 Å². The minimum Gasteiger partial charge on any atom is -0.277 e. The largest absolute Gasteiger partial charge is 0.277 e. The van der Waals surface area contributed by atoms with Gasteiger partial charge in [-0.3, -0.25) is 4.57 Å². The van der Waals surface area contributed by atoms with Gasteiger partial charge in [0.2, 0.25) is 0 Å². The maximum atomic E-state index is 13.4. The summed E-state index contributed by atoms with van der Waals surface area (Å²) in [5, 5.41) is 8.80. The summed E-state index contributed by atoms with van der Waals surface area (Å²) in [6.45, 7) is 0. The molecular formula is C21H15F2N3S. The van der Waals surface area contributed by atoms with Gasteiger partial charge < -0.3 is 0 Å². The molecule has 6 heteroatoms. The van der Waals surface area contributed by atoms with Crippen LogP contribution in [-0.2, 0) is 0 Å². The van der Waals surface area contributed by atoms with Crippen LogP contribution in [0.4, 0.5) is 8.78 Å². The van der Waals surface area contributed by atoms with Crippen molar-refractivity contribution >= 4 is 11.8 Å². The standard InChI is InChI=1S/C21H15F2N3S/c22-17-10-6-15(7-11-17)20(16-8-12-18(23)13-9-16)27-21-25-24-14-26(21)19-4-2-1-3-5-19/h1-14,20H. The smallest absolute Gasteiger partial charge is 0.196 e. The van der Waals surface area contributed by atoms with Gasteiger partial charge in [0.1, 0.15) is 18.0 Å². The number of hydrogen-bond donors (Lipinski definition) is 0. The highest BCUT2D eigenvalue weighted by Crippen LogP contribution is 2.40. The van der Waals surface area contributed by atoms with Crippen LogP contribution in [-0.4, -0.2) is 14.8 Å². The van der Waals surface area contributed by atoms with E-state index in [0.717, 1.165) is 16.8 Å². The maximum absolute atomic E-state index is 13.4. The molecular weight excluding hydrogens is 364 g/mol. The van der Waals surface area contributed by atoms with Crippen LogP contribution in [0.1, 0.15) is 16.4 Å². The molecule has 0 radical (unpaired) electrons. The molecule has 0 spiro atoms. The first-order chi connectivity index (χ1) is 13.2. The van der Waals surface area contributed by atoms with Crippen molar-refractivity contribution in [2.24, 2.45) is 0 Å². The zero-order chi connectivity index (χ0) is 18.6. The zero-order valence-electron chi connectivity index (χ0n) is 14.2. The second kappa shape index (κ2) is 7.72. The van der Waals surface area contributed by atoms with Crippen molar-refractivity contribution in [1.29, 1.82) is 0 Å². The monoisotopic (exact) mass is 379 g/mol. The Morgan fingerprint density at radius 2 is 1.30 bits per heavy atom. The number of rotatable bonds is 5. The van der Waals surface area contributed by atoms with E-state index in [0.29, 0.717) is 5.16 Å². The van der Waals surface area contributed by atoms with Crippen LogP contribution < -0.4 is 0 Å². The van der Waals surface area contributed by atoms with Crippen molar-refractivity contribution in [2.75, 3.05) is 0 Å². The Hall–Kier alpha value is -2.99. The molecule has 0 aliphatic rings. The number of halogens is 2. The van der Waals surface area contributed by atoms with E-state index in [-0.39, 0.29) is 16.9 Å². The fourth-order valence-corrected chi connectivity index (χ4v) is 3.94. The molecule has 3 aromatic carbocycles. The van der Waals surface area contributed by atoms with E-state index < -0.39 is 0 Å². The molecule has 0 saturated carbocycles. The van der Waals surface area contributed by atoms with Gasteiger partial charge in [-0.15, -0.1) is 10.2 Å². The summed E-state index contributed by atoms with van der Waals surface area (Å²) in [4.78, 5) is 0. The van der Waals surface area contributed by atoms with E-state index in [2.05, 4.69) is 10.2 Å². The lowest BCUT2D eigenvalue weighted by molar-refractivity contribution is 0.626. The molecule has 1 heterocycles. The lowest BCUT2D eigenvalue weighted by Gasteiger charge is -2.18. The summed E-state index contributed by atoms with van der Waals surface area (Å²) in [5.74, 6) is -0.594. The molecule has 4 rings (SSSR count). The Bertz CT molecular complexity index is 970. The van der Waals surface area contributed by atoms with Gasteiger partial charge in [0.15, 0.2) is 5.16 Å². The summed E-state index contributed by atoms with van der Waals surface area (Å²) < 4.78 is 28.7. The molecule has 0 unspecified atom stereocenters. The second-order valence-corrected chi connectivity index (χ2v) is 6.99. The minimum atomic E-state index is -0.297. The molecule has 1 aromatic heterocycles. The van der Waals surface area contributed by atoms with E-state index in [1.807, 2.05) is 34.9 Å². The third kappa shape index (κ3) is 3.90. The highest BCUT2D eigenvalue weighted by atomic mass is 32.2. The van der Waals surface area contributed by atoms with Crippen molar-refractivity contribution in [3.05, 3.63) is 108 Å². The SMILES string of the molecule is Fc1ccc(C(Sc2nncn2-c2ccccc2)c2ccc(F)cc2)cc1. The van der Waals surface area contributed by atoms with Crippen LogP contribution in [0.3, 0.4) is 0 Å². The van der Waals surface area contributed by atoms with E-state index in [1.54, 1.807) is 30.6 Å². The van der Waals surface area contributed by atoms with E-state index in [9.17, 15) is 8.78 Å². The molecule has 0 fully saturated rings. The molecule has 0 atom stereocenters. The van der Waals surface area contributed by atoms with E-state index in [4.69, 9.17) is 0 Å². The topological polar surface area (TPSA) is 30.7 Å². The Morgan fingerprint density at radius 1 is 0.741 bits per heavy atom. The quantitative estimate of drug-likeness (QED) is 0.433. The van der Waals surface area contributed by atoms with Gasteiger partial charge in [0, 0.05) is 5.69 Å². The number of hydrogen-bond acceptors (Lipinski definition) is 3. The number of para-hydroxylation sites is 1. The van der Waals surface area contributed by atoms with Gasteiger partial charge in [-0.1, -0.05) is 54.2 Å². The summed E-state index contributed by atoms with van der Waals surface area (Å²) in [6, 6.07) is 22.4. The summed E-state index contributed by atoms with van der Waals surface area (Å²) in [6.07, 6.45) is 1.66. The summed E-state index contributed by atoms with van der Waals surface area (Å²) in [7, 11) is 0. The van der Waals surface area contributed by atoms with E-state index in [1.165, 1.54) is 36.0 Å². The first-order valence-electron chi connectivity index (χ1n) is 8.34. The van der Waals surface area contributed by atoms with Gasteiger partial charge >= 0.3 is 0 Å². The summed E-state index contributed by atoms with van der Waals surface area (Å²) >= 11 is 1.48. The molecule has 0 saturated heterocycles. The molecule has 3 nitrogen and oxygen atoms in total. The van der Waals surface area contributed by atoms with Crippen molar-refractivity contribution in [2.45, 2.75) is 10.4 Å². The van der Waals surface area contributed by atoms with Crippen molar-refractivity contribution in [3.63, 3.8) is 0 Å². The average Bonchev–Trinajstić information content (AvgIpc) is 3.17. The predicted molar refractivity (Wildman–Crippen MR) is 102 cm³/mol. The fraction of sp³-hybridized carbons (Fsp3) is 0.0476. The highest BCUT2D eigenvalue weighted by Gasteiger charge is 2.20. The molecule has 0 aliphatic carbocycles. The molecule has 134 valence electrons. The normalized spacial score (nSPS) is 11.1. The van der Waals surface area contributed by atoms with Gasteiger partial charge in [0.05, 0.1) is 5.25 Å². The number of aromatic nitrogens is 3. The van der Waals surface area contributed by atoms with Crippen LogP contribution >= 0.6 is 11.8 Å². The third-order valence-corrected chi connectivity index (χ3v) is 5.39. The van der Waals surface area contributed by atoms with E-state index >= 15 is 0 Å². The lowest BCUT2D eigenvalue weighted by Crippen LogP contribution is -2.01. The molecule has 27 heavy (non-hydrogen) atoms. The fourth-order valence-electron chi connectivity index (χ4n) is 2.78. The maximum Gasteiger partial charge on any atom is 0.196 e. The predicted octanol–water partition coefficient (Wildman–Crippen LogP) is 5.43. The molecule has 0 aliphatic heterocycles. The van der Waals surface area contributed by atoms with Gasteiger partial charge in [0.25, 0.3) is 0 Å². The average molecular weight is 379 g/mol. The van der Waals surface area contributed by atoms with Gasteiger partial charge in [-0.05, 0) is 47.5 Å². The highest BCUT2D eigenvalue weighted by molar-refractivity contribution is 7.99. The number of benzene rings is 3. The van der Waals surface area contributed by atoms with Crippen molar-refractivity contribution < 1.29 is 8.78 Å². The Kier molecular flexibility index (Phi) is 4.98. The molecule has 0 N–H and O–H groups in total. The molecule has 0 bridgehead atoms. The van der Waals surface area contributed by atoms with Crippen molar-refractivity contribution in [1.82, 2.24) is 14.8 Å². The second-order valence-electron chi connectivity index (χ2n) is 5.92. The Labute approximate surface area is 159 Å². The lowest BCUT2D eigenvalue weighted by atomic mass is 10.0. The van der Waals surface area contributed by atoms with Crippen LogP contribution in [0.25, 0.3) is 5.69 Å². The number of thioether (sulfide) groups is 1. The first kappa shape index (κ1) is 17.4. The number of nitrogens with zero attached hydrogens (tertiary/aromatic N) is 3. The van der Waals surface area contributed by atoms with Crippen molar-refractivity contribution in [3.8, 4) is 5.69 Å². The van der Waals surface area contributed by atoms with Crippen LogP contribution in [0.15, 0.2) is 90.3 Å². The van der Waals surface area contributed by atoms with Crippen LogP contribution in [0, 0.1) is 11.6 Å². The zero-order valence-corrected chi connectivity index (χ0v) is 15.0. The van der Waals surface area contributed by atoms with Gasteiger partial charge in [-0.2, -0.15) is 0 Å². The Balaban J connectivity index is 1.73. The Morgan fingerprint density at radius 3 is 1.85 bits per heavy atom.